The van der Waals surface area contributed by atoms with Crippen molar-refractivity contribution >= 4 is 17.2 Å². The lowest BCUT2D eigenvalue weighted by atomic mass is 9.90. The Bertz CT molecular complexity index is 861. The van der Waals surface area contributed by atoms with Crippen LogP contribution in [0.5, 0.6) is 0 Å². The fraction of sp³-hybridized carbons (Fsp3) is 0.250. The van der Waals surface area contributed by atoms with Crippen LogP contribution in [0.1, 0.15) is 22.6 Å². The molecule has 4 rings (SSSR count). The van der Waals surface area contributed by atoms with E-state index in [2.05, 4.69) is 10.3 Å². The summed E-state index contributed by atoms with van der Waals surface area (Å²) >= 11 is 1.71. The third-order valence-electron chi connectivity index (χ3n) is 4.55. The highest BCUT2D eigenvalue weighted by molar-refractivity contribution is 7.15. The van der Waals surface area contributed by atoms with Crippen LogP contribution in [0.4, 0.5) is 0 Å². The number of amides is 1. The molecule has 5 heteroatoms. The molecule has 1 aromatic carbocycles. The molecule has 0 aliphatic heterocycles. The van der Waals surface area contributed by atoms with Crippen molar-refractivity contribution in [3.05, 3.63) is 71.0 Å². The van der Waals surface area contributed by atoms with E-state index in [-0.39, 0.29) is 11.8 Å². The first kappa shape index (κ1) is 16.0. The second-order valence-corrected chi connectivity index (χ2v) is 7.35. The molecule has 0 bridgehead atoms. The Morgan fingerprint density at radius 2 is 1.96 bits per heavy atom. The van der Waals surface area contributed by atoms with Crippen molar-refractivity contribution in [3.63, 3.8) is 0 Å². The summed E-state index contributed by atoms with van der Waals surface area (Å²) in [4.78, 5) is 22.6. The fourth-order valence-electron chi connectivity index (χ4n) is 3.15. The van der Waals surface area contributed by atoms with Crippen LogP contribution in [-0.2, 0) is 24.2 Å². The lowest BCUT2D eigenvalue weighted by molar-refractivity contribution is -0.125. The van der Waals surface area contributed by atoms with E-state index in [1.165, 1.54) is 4.88 Å². The van der Waals surface area contributed by atoms with Crippen molar-refractivity contribution in [2.45, 2.75) is 25.8 Å². The Hall–Kier alpha value is -2.53. The number of hydrogen-bond donors (Lipinski definition) is 1. The molecule has 0 spiro atoms. The molecule has 1 amide bonds. The second-order valence-electron chi connectivity index (χ2n) is 6.27. The maximum Gasteiger partial charge on any atom is 0.223 e. The summed E-state index contributed by atoms with van der Waals surface area (Å²) in [6, 6.07) is 14.0. The number of fused-ring (bicyclic) bond motifs is 1. The van der Waals surface area contributed by atoms with Crippen molar-refractivity contribution in [2.75, 3.05) is 0 Å². The highest BCUT2D eigenvalue weighted by atomic mass is 32.1. The van der Waals surface area contributed by atoms with Gasteiger partial charge < -0.3 is 5.32 Å². The number of carbonyl (C=O) groups is 1. The van der Waals surface area contributed by atoms with Crippen LogP contribution in [0.15, 0.2) is 54.9 Å². The van der Waals surface area contributed by atoms with Gasteiger partial charge in [0.1, 0.15) is 5.01 Å². The molecule has 0 radical (unpaired) electrons. The molecular formula is C20H19N3OS. The Balaban J connectivity index is 1.42. The number of pyridine rings is 1. The molecule has 1 aliphatic carbocycles. The average Bonchev–Trinajstić information content (AvgIpc) is 3.11. The van der Waals surface area contributed by atoms with E-state index in [0.717, 1.165) is 41.1 Å². The molecule has 1 N–H and O–H groups in total. The summed E-state index contributed by atoms with van der Waals surface area (Å²) in [5, 5.41) is 4.10. The number of hydrogen-bond acceptors (Lipinski definition) is 4. The van der Waals surface area contributed by atoms with Gasteiger partial charge in [0.15, 0.2) is 0 Å². The summed E-state index contributed by atoms with van der Waals surface area (Å²) in [6.07, 6.45) is 6.11. The largest absolute Gasteiger partial charge is 0.352 e. The molecule has 0 saturated carbocycles. The number of benzene rings is 1. The lowest BCUT2D eigenvalue weighted by Crippen LogP contribution is -2.33. The van der Waals surface area contributed by atoms with Crippen LogP contribution in [0.25, 0.3) is 10.6 Å². The summed E-state index contributed by atoms with van der Waals surface area (Å²) in [6.45, 7) is 0.591. The van der Waals surface area contributed by atoms with Crippen molar-refractivity contribution in [2.24, 2.45) is 5.92 Å². The molecule has 4 nitrogen and oxygen atoms in total. The van der Waals surface area contributed by atoms with Crippen molar-refractivity contribution in [3.8, 4) is 10.6 Å². The fourth-order valence-corrected chi connectivity index (χ4v) is 4.34. The number of aromatic nitrogens is 2. The summed E-state index contributed by atoms with van der Waals surface area (Å²) in [5.74, 6) is 0.190. The minimum Gasteiger partial charge on any atom is -0.352 e. The Morgan fingerprint density at radius 1 is 1.16 bits per heavy atom. The number of thiazole rings is 1. The minimum atomic E-state index is 0.0435. The Morgan fingerprint density at radius 3 is 2.76 bits per heavy atom. The maximum atomic E-state index is 12.5. The van der Waals surface area contributed by atoms with E-state index >= 15 is 0 Å². The van der Waals surface area contributed by atoms with E-state index < -0.39 is 0 Å². The number of rotatable bonds is 4. The topological polar surface area (TPSA) is 54.9 Å². The number of nitrogens with one attached hydrogen (secondary N) is 1. The van der Waals surface area contributed by atoms with Gasteiger partial charge >= 0.3 is 0 Å². The van der Waals surface area contributed by atoms with Gasteiger partial charge in [0.25, 0.3) is 0 Å². The summed E-state index contributed by atoms with van der Waals surface area (Å²) in [7, 11) is 0. The van der Waals surface area contributed by atoms with Crippen LogP contribution < -0.4 is 5.32 Å². The van der Waals surface area contributed by atoms with Gasteiger partial charge in [0.2, 0.25) is 5.91 Å². The van der Waals surface area contributed by atoms with Gasteiger partial charge in [-0.3, -0.25) is 9.78 Å². The van der Waals surface area contributed by atoms with Crippen molar-refractivity contribution < 1.29 is 4.79 Å². The van der Waals surface area contributed by atoms with Gasteiger partial charge in [-0.05, 0) is 37.0 Å². The standard InChI is InChI=1S/C20H19N3OS/c24-19(22-13-14-4-2-1-3-5-14)16-6-7-17-18(12-16)25-20(23-17)15-8-10-21-11-9-15/h1-5,8-11,16H,6-7,12-13H2,(H,22,24). The smallest absolute Gasteiger partial charge is 0.223 e. The minimum absolute atomic E-state index is 0.0435. The number of aryl methyl sites for hydroxylation is 1. The monoisotopic (exact) mass is 349 g/mol. The molecule has 0 saturated heterocycles. The van der Waals surface area contributed by atoms with E-state index in [1.54, 1.807) is 23.7 Å². The first-order valence-corrected chi connectivity index (χ1v) is 9.32. The van der Waals surface area contributed by atoms with Gasteiger partial charge in [-0.25, -0.2) is 4.98 Å². The molecule has 0 fully saturated rings. The van der Waals surface area contributed by atoms with Gasteiger partial charge in [-0.2, -0.15) is 0 Å². The summed E-state index contributed by atoms with van der Waals surface area (Å²) in [5.41, 5.74) is 3.38. The zero-order chi connectivity index (χ0) is 17.1. The predicted octanol–water partition coefficient (Wildman–Crippen LogP) is 3.63. The zero-order valence-corrected chi connectivity index (χ0v) is 14.6. The third kappa shape index (κ3) is 3.61. The first-order valence-electron chi connectivity index (χ1n) is 8.50. The molecule has 1 unspecified atom stereocenters. The molecule has 2 heterocycles. The first-order chi connectivity index (χ1) is 12.3. The number of nitrogens with zero attached hydrogens (tertiary/aromatic N) is 2. The van der Waals surface area contributed by atoms with E-state index in [1.807, 2.05) is 42.5 Å². The number of carbonyl (C=O) groups excluding carboxylic acids is 1. The molecule has 3 aromatic rings. The van der Waals surface area contributed by atoms with E-state index in [4.69, 9.17) is 4.98 Å². The maximum absolute atomic E-state index is 12.5. The van der Waals surface area contributed by atoms with Crippen molar-refractivity contribution in [1.82, 2.24) is 15.3 Å². The van der Waals surface area contributed by atoms with E-state index in [0.29, 0.717) is 6.54 Å². The Labute approximate surface area is 151 Å². The molecule has 2 aromatic heterocycles. The summed E-state index contributed by atoms with van der Waals surface area (Å²) < 4.78 is 0. The molecule has 1 atom stereocenters. The lowest BCUT2D eigenvalue weighted by Gasteiger charge is -2.20. The second kappa shape index (κ2) is 7.15. The molecular weight excluding hydrogens is 330 g/mol. The van der Waals surface area contributed by atoms with Gasteiger partial charge in [-0.15, -0.1) is 11.3 Å². The van der Waals surface area contributed by atoms with Crippen LogP contribution in [-0.4, -0.2) is 15.9 Å². The van der Waals surface area contributed by atoms with Crippen LogP contribution in [0.3, 0.4) is 0 Å². The molecule has 1 aliphatic rings. The molecule has 25 heavy (non-hydrogen) atoms. The average molecular weight is 349 g/mol. The van der Waals surface area contributed by atoms with Gasteiger partial charge in [-0.1, -0.05) is 30.3 Å². The quantitative estimate of drug-likeness (QED) is 0.782. The molecule has 126 valence electrons. The van der Waals surface area contributed by atoms with Gasteiger partial charge in [0, 0.05) is 35.3 Å². The Kier molecular flexibility index (Phi) is 4.57. The van der Waals surface area contributed by atoms with E-state index in [9.17, 15) is 4.79 Å². The van der Waals surface area contributed by atoms with Gasteiger partial charge in [0.05, 0.1) is 5.69 Å². The predicted molar refractivity (Wildman–Crippen MR) is 99.1 cm³/mol. The zero-order valence-electron chi connectivity index (χ0n) is 13.8. The highest BCUT2D eigenvalue weighted by Gasteiger charge is 2.27. The van der Waals surface area contributed by atoms with Crippen LogP contribution in [0.2, 0.25) is 0 Å². The SMILES string of the molecule is O=C(NCc1ccccc1)C1CCc2nc(-c3ccncc3)sc2C1. The highest BCUT2D eigenvalue weighted by Crippen LogP contribution is 2.34. The van der Waals surface area contributed by atoms with Crippen molar-refractivity contribution in [1.29, 1.82) is 0 Å². The normalized spacial score (nSPS) is 16.2. The van der Waals surface area contributed by atoms with Crippen LogP contribution in [0, 0.1) is 5.92 Å². The third-order valence-corrected chi connectivity index (χ3v) is 5.72. The van der Waals surface area contributed by atoms with Crippen LogP contribution >= 0.6 is 11.3 Å².